The van der Waals surface area contributed by atoms with Gasteiger partial charge < -0.3 is 5.32 Å². The summed E-state index contributed by atoms with van der Waals surface area (Å²) < 4.78 is 2.08. The Kier molecular flexibility index (Phi) is 3.46. The van der Waals surface area contributed by atoms with E-state index in [2.05, 4.69) is 19.7 Å². The first-order valence-corrected chi connectivity index (χ1v) is 7.92. The second-order valence-corrected chi connectivity index (χ2v) is 5.81. The molecule has 22 heavy (non-hydrogen) atoms. The van der Waals surface area contributed by atoms with Gasteiger partial charge in [-0.1, -0.05) is 25.3 Å². The second kappa shape index (κ2) is 5.75. The average Bonchev–Trinajstić information content (AvgIpc) is 2.95. The number of pyridine rings is 1. The molecule has 5 nitrogen and oxygen atoms in total. The van der Waals surface area contributed by atoms with Gasteiger partial charge in [0.25, 0.3) is 0 Å². The zero-order valence-corrected chi connectivity index (χ0v) is 12.4. The van der Waals surface area contributed by atoms with Gasteiger partial charge in [-0.2, -0.15) is 0 Å². The van der Waals surface area contributed by atoms with Crippen LogP contribution in [0.3, 0.4) is 0 Å². The highest BCUT2D eigenvalue weighted by molar-refractivity contribution is 5.74. The summed E-state index contributed by atoms with van der Waals surface area (Å²) in [5.41, 5.74) is 2.64. The van der Waals surface area contributed by atoms with Crippen LogP contribution in [0.2, 0.25) is 0 Å². The predicted octanol–water partition coefficient (Wildman–Crippen LogP) is 3.54. The number of anilines is 1. The maximum absolute atomic E-state index is 4.72. The maximum atomic E-state index is 4.72. The number of imidazole rings is 1. The van der Waals surface area contributed by atoms with Crippen molar-refractivity contribution in [3.05, 3.63) is 43.0 Å². The van der Waals surface area contributed by atoms with E-state index in [0.29, 0.717) is 6.04 Å². The van der Waals surface area contributed by atoms with Gasteiger partial charge in [0.2, 0.25) is 0 Å². The standard InChI is InChI=1S/C17H19N5/c1-2-6-13(7-3-1)20-17-16(14-8-4-5-9-19-14)21-15-12-18-10-11-22(15)17/h4-5,8-13,20H,1-3,6-7H2. The Morgan fingerprint density at radius 1 is 1.09 bits per heavy atom. The average molecular weight is 293 g/mol. The van der Waals surface area contributed by atoms with Crippen LogP contribution in [0.25, 0.3) is 17.0 Å². The molecule has 0 aliphatic heterocycles. The molecule has 112 valence electrons. The van der Waals surface area contributed by atoms with Crippen molar-refractivity contribution in [2.24, 2.45) is 0 Å². The van der Waals surface area contributed by atoms with Crippen molar-refractivity contribution < 1.29 is 0 Å². The second-order valence-electron chi connectivity index (χ2n) is 5.81. The Balaban J connectivity index is 1.79. The number of nitrogens with zero attached hydrogens (tertiary/aromatic N) is 4. The van der Waals surface area contributed by atoms with E-state index in [9.17, 15) is 0 Å². The fraction of sp³-hybridized carbons (Fsp3) is 0.353. The summed E-state index contributed by atoms with van der Waals surface area (Å²) in [6.45, 7) is 0. The summed E-state index contributed by atoms with van der Waals surface area (Å²) in [7, 11) is 0. The predicted molar refractivity (Wildman–Crippen MR) is 86.7 cm³/mol. The van der Waals surface area contributed by atoms with E-state index in [1.54, 1.807) is 12.4 Å². The fourth-order valence-corrected chi connectivity index (χ4v) is 3.17. The van der Waals surface area contributed by atoms with E-state index in [0.717, 1.165) is 22.9 Å². The monoisotopic (exact) mass is 293 g/mol. The Hall–Kier alpha value is -2.43. The van der Waals surface area contributed by atoms with E-state index >= 15 is 0 Å². The molecule has 3 heterocycles. The molecule has 1 aliphatic rings. The van der Waals surface area contributed by atoms with Crippen LogP contribution in [0, 0.1) is 0 Å². The van der Waals surface area contributed by atoms with E-state index in [-0.39, 0.29) is 0 Å². The first-order valence-electron chi connectivity index (χ1n) is 7.92. The summed E-state index contributed by atoms with van der Waals surface area (Å²) >= 11 is 0. The molecule has 0 unspecified atom stereocenters. The van der Waals surface area contributed by atoms with Gasteiger partial charge in [-0.15, -0.1) is 0 Å². The highest BCUT2D eigenvalue weighted by atomic mass is 15.2. The molecule has 0 aromatic carbocycles. The summed E-state index contributed by atoms with van der Waals surface area (Å²) in [5.74, 6) is 1.03. The molecule has 1 fully saturated rings. The molecule has 1 saturated carbocycles. The van der Waals surface area contributed by atoms with Gasteiger partial charge in [-0.3, -0.25) is 14.4 Å². The highest BCUT2D eigenvalue weighted by Crippen LogP contribution is 2.29. The van der Waals surface area contributed by atoms with Crippen LogP contribution >= 0.6 is 0 Å². The van der Waals surface area contributed by atoms with Crippen molar-refractivity contribution in [1.82, 2.24) is 19.4 Å². The molecule has 0 saturated heterocycles. The third-order valence-electron chi connectivity index (χ3n) is 4.28. The zero-order valence-electron chi connectivity index (χ0n) is 12.4. The molecule has 0 bridgehead atoms. The fourth-order valence-electron chi connectivity index (χ4n) is 3.17. The largest absolute Gasteiger partial charge is 0.367 e. The lowest BCUT2D eigenvalue weighted by Gasteiger charge is -2.24. The Morgan fingerprint density at radius 2 is 2.00 bits per heavy atom. The number of hydrogen-bond donors (Lipinski definition) is 1. The van der Waals surface area contributed by atoms with Gasteiger partial charge in [0.05, 0.1) is 11.9 Å². The van der Waals surface area contributed by atoms with Gasteiger partial charge in [0.1, 0.15) is 11.5 Å². The minimum atomic E-state index is 0.518. The van der Waals surface area contributed by atoms with Gasteiger partial charge in [-0.05, 0) is 25.0 Å². The van der Waals surface area contributed by atoms with Crippen LogP contribution in [0.1, 0.15) is 32.1 Å². The minimum Gasteiger partial charge on any atom is -0.367 e. The number of rotatable bonds is 3. The van der Waals surface area contributed by atoms with Crippen molar-refractivity contribution in [2.75, 3.05) is 5.32 Å². The molecule has 3 aromatic heterocycles. The van der Waals surface area contributed by atoms with Crippen LogP contribution in [0.15, 0.2) is 43.0 Å². The molecular weight excluding hydrogens is 274 g/mol. The van der Waals surface area contributed by atoms with Gasteiger partial charge >= 0.3 is 0 Å². The van der Waals surface area contributed by atoms with E-state index < -0.39 is 0 Å². The Bertz CT molecular complexity index is 759. The first kappa shape index (κ1) is 13.2. The van der Waals surface area contributed by atoms with Crippen molar-refractivity contribution >= 4 is 11.5 Å². The molecule has 0 radical (unpaired) electrons. The molecule has 0 amide bonds. The minimum absolute atomic E-state index is 0.518. The molecule has 0 spiro atoms. The van der Waals surface area contributed by atoms with Crippen LogP contribution in [0.5, 0.6) is 0 Å². The smallest absolute Gasteiger partial charge is 0.157 e. The van der Waals surface area contributed by atoms with Crippen molar-refractivity contribution in [3.8, 4) is 11.4 Å². The topological polar surface area (TPSA) is 55.1 Å². The Labute approximate surface area is 129 Å². The quantitative estimate of drug-likeness (QED) is 0.802. The molecule has 1 N–H and O–H groups in total. The van der Waals surface area contributed by atoms with E-state index in [1.807, 2.05) is 30.6 Å². The van der Waals surface area contributed by atoms with Crippen LogP contribution in [0.4, 0.5) is 5.82 Å². The Morgan fingerprint density at radius 3 is 2.82 bits per heavy atom. The first-order chi connectivity index (χ1) is 10.9. The lowest BCUT2D eigenvalue weighted by molar-refractivity contribution is 0.461. The lowest BCUT2D eigenvalue weighted by atomic mass is 9.95. The highest BCUT2D eigenvalue weighted by Gasteiger charge is 2.19. The third kappa shape index (κ3) is 2.43. The van der Waals surface area contributed by atoms with Crippen LogP contribution < -0.4 is 5.32 Å². The lowest BCUT2D eigenvalue weighted by Crippen LogP contribution is -2.23. The number of aromatic nitrogens is 4. The maximum Gasteiger partial charge on any atom is 0.157 e. The number of fused-ring (bicyclic) bond motifs is 1. The summed E-state index contributed by atoms with van der Waals surface area (Å²) in [6, 6.07) is 6.44. The van der Waals surface area contributed by atoms with Crippen molar-refractivity contribution in [3.63, 3.8) is 0 Å². The van der Waals surface area contributed by atoms with Gasteiger partial charge in [-0.25, -0.2) is 4.98 Å². The van der Waals surface area contributed by atoms with Crippen LogP contribution in [-0.4, -0.2) is 25.4 Å². The van der Waals surface area contributed by atoms with Gasteiger partial charge in [0.15, 0.2) is 5.65 Å². The molecular formula is C17H19N5. The number of nitrogens with one attached hydrogen (secondary N) is 1. The summed E-state index contributed by atoms with van der Waals surface area (Å²) in [6.07, 6.45) is 13.7. The third-order valence-corrected chi connectivity index (χ3v) is 4.28. The summed E-state index contributed by atoms with van der Waals surface area (Å²) in [5, 5.41) is 3.70. The normalized spacial score (nSPS) is 16.0. The zero-order chi connectivity index (χ0) is 14.8. The SMILES string of the molecule is c1ccc(-c2nc3cnccn3c2NC2CCCCC2)nc1. The van der Waals surface area contributed by atoms with Crippen molar-refractivity contribution in [1.29, 1.82) is 0 Å². The van der Waals surface area contributed by atoms with E-state index in [4.69, 9.17) is 4.98 Å². The molecule has 3 aromatic rings. The molecule has 1 aliphatic carbocycles. The van der Waals surface area contributed by atoms with Crippen LogP contribution in [-0.2, 0) is 0 Å². The van der Waals surface area contributed by atoms with E-state index in [1.165, 1.54) is 32.1 Å². The molecule has 5 heteroatoms. The number of hydrogen-bond acceptors (Lipinski definition) is 4. The molecule has 4 rings (SSSR count). The van der Waals surface area contributed by atoms with Crippen molar-refractivity contribution in [2.45, 2.75) is 38.1 Å². The summed E-state index contributed by atoms with van der Waals surface area (Å²) in [4.78, 5) is 13.4. The van der Waals surface area contributed by atoms with Gasteiger partial charge in [0, 0.05) is 24.6 Å². The molecule has 0 atom stereocenters.